The molecule has 21 heavy (non-hydrogen) atoms. The summed E-state index contributed by atoms with van der Waals surface area (Å²) in [6.45, 7) is 1.50. The van der Waals surface area contributed by atoms with Crippen LogP contribution in [-0.2, 0) is 4.79 Å². The van der Waals surface area contributed by atoms with Gasteiger partial charge in [-0.3, -0.25) is 4.79 Å². The molecule has 1 fully saturated rings. The van der Waals surface area contributed by atoms with Crippen LogP contribution in [-0.4, -0.2) is 43.1 Å². The number of nitrogens with zero attached hydrogens (tertiary/aromatic N) is 1. The van der Waals surface area contributed by atoms with E-state index in [9.17, 15) is 4.79 Å². The lowest BCUT2D eigenvalue weighted by Crippen LogP contribution is -2.41. The number of likely N-dealkylation sites (tertiary alicyclic amines) is 1. The summed E-state index contributed by atoms with van der Waals surface area (Å²) in [6, 6.07) is 5.64. The van der Waals surface area contributed by atoms with Crippen LogP contribution in [0.4, 0.5) is 0 Å². The largest absolute Gasteiger partial charge is 0.493 e. The van der Waals surface area contributed by atoms with Crippen LogP contribution < -0.4 is 15.2 Å². The summed E-state index contributed by atoms with van der Waals surface area (Å²) in [5, 5.41) is 0. The van der Waals surface area contributed by atoms with Gasteiger partial charge in [-0.25, -0.2) is 0 Å². The number of amides is 1. The molecule has 1 aromatic carbocycles. The molecule has 1 aliphatic rings. The lowest BCUT2D eigenvalue weighted by molar-refractivity contribution is -0.122. The van der Waals surface area contributed by atoms with E-state index in [0.29, 0.717) is 11.5 Å². The van der Waals surface area contributed by atoms with Crippen LogP contribution in [0.2, 0.25) is 0 Å². The zero-order valence-electron chi connectivity index (χ0n) is 12.3. The molecule has 0 bridgehead atoms. The number of piperidine rings is 1. The number of thiocarbonyl (C=S) groups is 1. The summed E-state index contributed by atoms with van der Waals surface area (Å²) < 4.78 is 10.5. The van der Waals surface area contributed by atoms with Gasteiger partial charge in [0.1, 0.15) is 4.99 Å². The second-order valence-corrected chi connectivity index (χ2v) is 5.43. The molecule has 0 aliphatic carbocycles. The molecule has 0 saturated carbocycles. The van der Waals surface area contributed by atoms with E-state index in [1.165, 1.54) is 0 Å². The maximum Gasteiger partial charge on any atom is 0.220 e. The Kier molecular flexibility index (Phi) is 5.01. The molecule has 0 aromatic heterocycles. The molecule has 1 aromatic rings. The van der Waals surface area contributed by atoms with Crippen LogP contribution in [0, 0.1) is 5.92 Å². The number of carbonyl (C=O) groups excluding carboxylic acids is 1. The van der Waals surface area contributed by atoms with E-state index in [2.05, 4.69) is 4.90 Å². The third-order valence-electron chi connectivity index (χ3n) is 3.82. The molecule has 1 saturated heterocycles. The third kappa shape index (κ3) is 3.44. The third-order valence-corrected chi connectivity index (χ3v) is 4.31. The smallest absolute Gasteiger partial charge is 0.220 e. The Labute approximate surface area is 130 Å². The number of ether oxygens (including phenoxy) is 2. The molecule has 114 valence electrons. The highest BCUT2D eigenvalue weighted by Crippen LogP contribution is 2.29. The fraction of sp³-hybridized carbons (Fsp3) is 0.467. The molecule has 0 radical (unpaired) electrons. The second-order valence-electron chi connectivity index (χ2n) is 5.04. The van der Waals surface area contributed by atoms with Crippen molar-refractivity contribution in [3.63, 3.8) is 0 Å². The zero-order chi connectivity index (χ0) is 15.4. The number of hydrogen-bond donors (Lipinski definition) is 1. The monoisotopic (exact) mass is 308 g/mol. The Balaban J connectivity index is 2.09. The van der Waals surface area contributed by atoms with Crippen molar-refractivity contribution in [1.82, 2.24) is 4.90 Å². The predicted octanol–water partition coefficient (Wildman–Crippen LogP) is 1.58. The topological polar surface area (TPSA) is 64.8 Å². The van der Waals surface area contributed by atoms with E-state index in [1.807, 2.05) is 18.2 Å². The van der Waals surface area contributed by atoms with E-state index < -0.39 is 0 Å². The zero-order valence-corrected chi connectivity index (χ0v) is 13.1. The summed E-state index contributed by atoms with van der Waals surface area (Å²) in [5.41, 5.74) is 6.27. The summed E-state index contributed by atoms with van der Waals surface area (Å²) in [5.74, 6) is 1.09. The maximum absolute atomic E-state index is 11.2. The van der Waals surface area contributed by atoms with Gasteiger partial charge >= 0.3 is 0 Å². The summed E-state index contributed by atoms with van der Waals surface area (Å²) >= 11 is 5.55. The fourth-order valence-corrected chi connectivity index (χ4v) is 2.83. The van der Waals surface area contributed by atoms with Crippen LogP contribution in [0.1, 0.15) is 18.4 Å². The van der Waals surface area contributed by atoms with Gasteiger partial charge in [-0.2, -0.15) is 0 Å². The summed E-state index contributed by atoms with van der Waals surface area (Å²) in [7, 11) is 3.20. The summed E-state index contributed by atoms with van der Waals surface area (Å²) in [4.78, 5) is 14.1. The van der Waals surface area contributed by atoms with Crippen molar-refractivity contribution < 1.29 is 14.3 Å². The van der Waals surface area contributed by atoms with E-state index in [4.69, 9.17) is 27.4 Å². The van der Waals surface area contributed by atoms with Crippen LogP contribution >= 0.6 is 12.2 Å². The summed E-state index contributed by atoms with van der Waals surface area (Å²) in [6.07, 6.45) is 1.51. The average molecular weight is 308 g/mol. The molecule has 6 heteroatoms. The first-order chi connectivity index (χ1) is 10.1. The Hall–Kier alpha value is -1.82. The quantitative estimate of drug-likeness (QED) is 0.856. The highest BCUT2D eigenvalue weighted by molar-refractivity contribution is 7.80. The highest BCUT2D eigenvalue weighted by Gasteiger charge is 2.25. The van der Waals surface area contributed by atoms with Gasteiger partial charge in [0, 0.05) is 24.6 Å². The maximum atomic E-state index is 11.2. The molecular formula is C15H20N2O3S. The number of methoxy groups -OCH3 is 2. The molecule has 5 nitrogen and oxygen atoms in total. The van der Waals surface area contributed by atoms with Crippen LogP contribution in [0.15, 0.2) is 18.2 Å². The van der Waals surface area contributed by atoms with E-state index in [1.54, 1.807) is 14.2 Å². The SMILES string of the molecule is COc1ccc(C(=S)N2CCC(C(N)=O)CC2)cc1OC. The normalized spacial score (nSPS) is 15.6. The van der Waals surface area contributed by atoms with E-state index in [-0.39, 0.29) is 11.8 Å². The molecule has 2 rings (SSSR count). The Bertz CT molecular complexity index is 540. The first-order valence-electron chi connectivity index (χ1n) is 6.87. The Morgan fingerprint density at radius 1 is 1.24 bits per heavy atom. The van der Waals surface area contributed by atoms with Crippen LogP contribution in [0.25, 0.3) is 0 Å². The second kappa shape index (κ2) is 6.76. The molecule has 1 amide bonds. The van der Waals surface area contributed by atoms with Crippen molar-refractivity contribution in [3.8, 4) is 11.5 Å². The van der Waals surface area contributed by atoms with Gasteiger partial charge in [0.15, 0.2) is 11.5 Å². The van der Waals surface area contributed by atoms with Crippen molar-refractivity contribution >= 4 is 23.1 Å². The van der Waals surface area contributed by atoms with Gasteiger partial charge in [-0.1, -0.05) is 12.2 Å². The minimum absolute atomic E-state index is 0.0329. The van der Waals surface area contributed by atoms with Crippen LogP contribution in [0.5, 0.6) is 11.5 Å². The van der Waals surface area contributed by atoms with Gasteiger partial charge < -0.3 is 20.1 Å². The van der Waals surface area contributed by atoms with E-state index >= 15 is 0 Å². The Morgan fingerprint density at radius 3 is 2.38 bits per heavy atom. The molecule has 0 atom stereocenters. The molecule has 1 aliphatic heterocycles. The minimum atomic E-state index is -0.216. The Morgan fingerprint density at radius 2 is 1.86 bits per heavy atom. The van der Waals surface area contributed by atoms with Crippen molar-refractivity contribution in [2.45, 2.75) is 12.8 Å². The van der Waals surface area contributed by atoms with Crippen molar-refractivity contribution in [2.24, 2.45) is 11.7 Å². The lowest BCUT2D eigenvalue weighted by atomic mass is 9.96. The van der Waals surface area contributed by atoms with Crippen molar-refractivity contribution in [1.29, 1.82) is 0 Å². The minimum Gasteiger partial charge on any atom is -0.493 e. The molecule has 1 heterocycles. The fourth-order valence-electron chi connectivity index (χ4n) is 2.52. The number of benzene rings is 1. The first kappa shape index (κ1) is 15.6. The van der Waals surface area contributed by atoms with Gasteiger partial charge in [0.2, 0.25) is 5.91 Å². The number of primary amides is 1. The number of rotatable bonds is 4. The molecular weight excluding hydrogens is 288 g/mol. The first-order valence-corrected chi connectivity index (χ1v) is 7.28. The molecule has 2 N–H and O–H groups in total. The molecule has 0 unspecified atom stereocenters. The van der Waals surface area contributed by atoms with E-state index in [0.717, 1.165) is 36.5 Å². The van der Waals surface area contributed by atoms with Crippen molar-refractivity contribution in [2.75, 3.05) is 27.3 Å². The average Bonchev–Trinajstić information content (AvgIpc) is 2.53. The van der Waals surface area contributed by atoms with Gasteiger partial charge in [0.25, 0.3) is 0 Å². The standard InChI is InChI=1S/C15H20N2O3S/c1-19-12-4-3-11(9-13(12)20-2)15(21)17-7-5-10(6-8-17)14(16)18/h3-4,9-10H,5-8H2,1-2H3,(H2,16,18). The van der Waals surface area contributed by atoms with Crippen molar-refractivity contribution in [3.05, 3.63) is 23.8 Å². The highest BCUT2D eigenvalue weighted by atomic mass is 32.1. The van der Waals surface area contributed by atoms with Crippen LogP contribution in [0.3, 0.4) is 0 Å². The number of hydrogen-bond acceptors (Lipinski definition) is 4. The van der Waals surface area contributed by atoms with Gasteiger partial charge in [-0.15, -0.1) is 0 Å². The van der Waals surface area contributed by atoms with Gasteiger partial charge in [0.05, 0.1) is 14.2 Å². The number of nitrogens with two attached hydrogens (primary N) is 1. The molecule has 0 spiro atoms. The lowest BCUT2D eigenvalue weighted by Gasteiger charge is -2.32. The van der Waals surface area contributed by atoms with Gasteiger partial charge in [-0.05, 0) is 31.0 Å². The predicted molar refractivity (Wildman–Crippen MR) is 84.7 cm³/mol. The number of carbonyl (C=O) groups is 1.